The van der Waals surface area contributed by atoms with Crippen LogP contribution in [0.25, 0.3) is 0 Å². The van der Waals surface area contributed by atoms with E-state index in [0.717, 1.165) is 6.42 Å². The van der Waals surface area contributed by atoms with Crippen LogP contribution in [0.3, 0.4) is 0 Å². The Hall–Kier alpha value is -2.57. The van der Waals surface area contributed by atoms with Crippen LogP contribution < -0.4 is 10.1 Å². The Balaban J connectivity index is 0.00000338. The number of carboxylic acids is 1. The van der Waals surface area contributed by atoms with Crippen molar-refractivity contribution in [1.29, 1.82) is 0 Å². The zero-order valence-electron chi connectivity index (χ0n) is 14.6. The molecule has 0 fully saturated rings. The molecule has 2 N–H and O–H groups in total. The lowest BCUT2D eigenvalue weighted by Gasteiger charge is -2.18. The molecule has 1 amide bonds. The molecule has 0 aliphatic rings. The standard InChI is InChI=1S/C19H22N2O4.ClH/c1-2-11-21(14-19(23)24)13-18(22)20-15-7-6-10-17(12-15)25-16-8-4-3-5-9-16;/h3-10,12H,2,11,13-14H2,1H3,(H,20,22)(H,23,24);1H. The molecule has 2 aromatic carbocycles. The number of hydrogen-bond acceptors (Lipinski definition) is 4. The number of carbonyl (C=O) groups excluding carboxylic acids is 1. The number of anilines is 1. The third-order valence-electron chi connectivity index (χ3n) is 3.36. The van der Waals surface area contributed by atoms with Gasteiger partial charge in [0.1, 0.15) is 11.5 Å². The van der Waals surface area contributed by atoms with Crippen molar-refractivity contribution >= 4 is 30.0 Å². The lowest BCUT2D eigenvalue weighted by molar-refractivity contribution is -0.138. The van der Waals surface area contributed by atoms with Crippen molar-refractivity contribution in [3.05, 3.63) is 54.6 Å². The first-order chi connectivity index (χ1) is 12.1. The predicted molar refractivity (Wildman–Crippen MR) is 103 cm³/mol. The summed E-state index contributed by atoms with van der Waals surface area (Å²) < 4.78 is 5.73. The van der Waals surface area contributed by atoms with Gasteiger partial charge in [-0.1, -0.05) is 31.2 Å². The molecule has 140 valence electrons. The minimum atomic E-state index is -0.945. The summed E-state index contributed by atoms with van der Waals surface area (Å²) >= 11 is 0. The van der Waals surface area contributed by atoms with Gasteiger partial charge in [0.25, 0.3) is 0 Å². The molecular formula is C19H23ClN2O4. The van der Waals surface area contributed by atoms with Crippen LogP contribution in [0, 0.1) is 0 Å². The largest absolute Gasteiger partial charge is 0.480 e. The van der Waals surface area contributed by atoms with E-state index in [4.69, 9.17) is 9.84 Å². The Morgan fingerprint density at radius 3 is 2.38 bits per heavy atom. The minimum absolute atomic E-state index is 0. The van der Waals surface area contributed by atoms with Gasteiger partial charge in [0.05, 0.1) is 13.1 Å². The van der Waals surface area contributed by atoms with Gasteiger partial charge in [0.2, 0.25) is 5.91 Å². The van der Waals surface area contributed by atoms with Gasteiger partial charge in [-0.25, -0.2) is 0 Å². The Bertz CT molecular complexity index is 710. The molecule has 2 rings (SSSR count). The first-order valence-electron chi connectivity index (χ1n) is 8.14. The zero-order valence-corrected chi connectivity index (χ0v) is 15.4. The van der Waals surface area contributed by atoms with Gasteiger partial charge in [-0.2, -0.15) is 0 Å². The van der Waals surface area contributed by atoms with Crippen LogP contribution in [0.1, 0.15) is 13.3 Å². The van der Waals surface area contributed by atoms with E-state index in [9.17, 15) is 9.59 Å². The molecule has 0 spiro atoms. The van der Waals surface area contributed by atoms with Gasteiger partial charge in [-0.05, 0) is 37.2 Å². The van der Waals surface area contributed by atoms with E-state index >= 15 is 0 Å². The third kappa shape index (κ3) is 7.55. The molecule has 0 aromatic heterocycles. The SMILES string of the molecule is CCCN(CC(=O)O)CC(=O)Nc1cccc(Oc2ccccc2)c1.Cl. The van der Waals surface area contributed by atoms with E-state index in [-0.39, 0.29) is 31.4 Å². The highest BCUT2D eigenvalue weighted by Gasteiger charge is 2.13. The van der Waals surface area contributed by atoms with Crippen molar-refractivity contribution in [2.24, 2.45) is 0 Å². The highest BCUT2D eigenvalue weighted by Crippen LogP contribution is 2.23. The van der Waals surface area contributed by atoms with Crippen molar-refractivity contribution in [2.75, 3.05) is 25.0 Å². The Morgan fingerprint density at radius 1 is 1.04 bits per heavy atom. The summed E-state index contributed by atoms with van der Waals surface area (Å²) in [6, 6.07) is 16.4. The Labute approximate surface area is 159 Å². The Kier molecular flexibility index (Phi) is 9.19. The number of hydrogen-bond donors (Lipinski definition) is 2. The number of nitrogens with zero attached hydrogens (tertiary/aromatic N) is 1. The zero-order chi connectivity index (χ0) is 18.1. The molecule has 0 aliphatic carbocycles. The fraction of sp³-hybridized carbons (Fsp3) is 0.263. The highest BCUT2D eigenvalue weighted by atomic mass is 35.5. The van der Waals surface area contributed by atoms with Crippen molar-refractivity contribution in [1.82, 2.24) is 4.90 Å². The summed E-state index contributed by atoms with van der Waals surface area (Å²) in [5.74, 6) is 0.118. The number of nitrogens with one attached hydrogen (secondary N) is 1. The van der Waals surface area contributed by atoms with Gasteiger partial charge in [0, 0.05) is 11.8 Å². The quantitative estimate of drug-likeness (QED) is 0.696. The van der Waals surface area contributed by atoms with Crippen LogP contribution >= 0.6 is 12.4 Å². The summed E-state index contributed by atoms with van der Waals surface area (Å²) in [4.78, 5) is 24.6. The van der Waals surface area contributed by atoms with Crippen LogP contribution in [0.2, 0.25) is 0 Å². The van der Waals surface area contributed by atoms with Crippen LogP contribution in [0.15, 0.2) is 54.6 Å². The molecule has 0 saturated carbocycles. The fourth-order valence-corrected chi connectivity index (χ4v) is 2.39. The molecule has 26 heavy (non-hydrogen) atoms. The second kappa shape index (κ2) is 11.1. The molecule has 7 heteroatoms. The lowest BCUT2D eigenvalue weighted by atomic mass is 10.3. The maximum atomic E-state index is 12.2. The average molecular weight is 379 g/mol. The number of halogens is 1. The van der Waals surface area contributed by atoms with E-state index in [1.807, 2.05) is 37.3 Å². The van der Waals surface area contributed by atoms with E-state index in [2.05, 4.69) is 5.32 Å². The number of amides is 1. The number of ether oxygens (including phenoxy) is 1. The fourth-order valence-electron chi connectivity index (χ4n) is 2.39. The number of para-hydroxylation sites is 1. The van der Waals surface area contributed by atoms with Crippen LogP contribution in [0.4, 0.5) is 5.69 Å². The molecule has 0 heterocycles. The molecule has 0 aliphatic heterocycles. The second-order valence-corrected chi connectivity index (χ2v) is 5.60. The molecule has 2 aromatic rings. The number of aliphatic carboxylic acids is 1. The summed E-state index contributed by atoms with van der Waals surface area (Å²) in [6.07, 6.45) is 0.779. The second-order valence-electron chi connectivity index (χ2n) is 5.60. The van der Waals surface area contributed by atoms with Gasteiger partial charge in [0.15, 0.2) is 0 Å². The highest BCUT2D eigenvalue weighted by molar-refractivity contribution is 5.92. The van der Waals surface area contributed by atoms with Crippen molar-refractivity contribution in [3.63, 3.8) is 0 Å². The molecule has 0 atom stereocenters. The van der Waals surface area contributed by atoms with E-state index in [1.165, 1.54) is 0 Å². The van der Waals surface area contributed by atoms with Crippen LogP contribution in [0.5, 0.6) is 11.5 Å². The maximum absolute atomic E-state index is 12.2. The van der Waals surface area contributed by atoms with Crippen molar-refractivity contribution < 1.29 is 19.4 Å². The summed E-state index contributed by atoms with van der Waals surface area (Å²) in [5.41, 5.74) is 0.602. The number of benzene rings is 2. The van der Waals surface area contributed by atoms with Crippen molar-refractivity contribution in [2.45, 2.75) is 13.3 Å². The third-order valence-corrected chi connectivity index (χ3v) is 3.36. The monoisotopic (exact) mass is 378 g/mol. The summed E-state index contributed by atoms with van der Waals surface area (Å²) in [6.45, 7) is 2.37. The summed E-state index contributed by atoms with van der Waals surface area (Å²) in [7, 11) is 0. The predicted octanol–water partition coefficient (Wildman–Crippen LogP) is 3.64. The van der Waals surface area contributed by atoms with Gasteiger partial charge < -0.3 is 15.2 Å². The van der Waals surface area contributed by atoms with Gasteiger partial charge >= 0.3 is 5.97 Å². The topological polar surface area (TPSA) is 78.9 Å². The molecule has 0 radical (unpaired) electrons. The molecule has 0 unspecified atom stereocenters. The van der Waals surface area contributed by atoms with Gasteiger partial charge in [-0.3, -0.25) is 14.5 Å². The van der Waals surface area contributed by atoms with E-state index in [1.54, 1.807) is 29.2 Å². The van der Waals surface area contributed by atoms with E-state index < -0.39 is 5.97 Å². The summed E-state index contributed by atoms with van der Waals surface area (Å²) in [5, 5.41) is 11.7. The minimum Gasteiger partial charge on any atom is -0.480 e. The van der Waals surface area contributed by atoms with Gasteiger partial charge in [-0.15, -0.1) is 12.4 Å². The number of carboxylic acid groups (broad SMARTS) is 1. The van der Waals surface area contributed by atoms with Crippen molar-refractivity contribution in [3.8, 4) is 11.5 Å². The maximum Gasteiger partial charge on any atom is 0.317 e. The normalized spacial score (nSPS) is 10.1. The van der Waals surface area contributed by atoms with Crippen LogP contribution in [-0.2, 0) is 9.59 Å². The smallest absolute Gasteiger partial charge is 0.317 e. The first-order valence-corrected chi connectivity index (χ1v) is 8.14. The molecule has 6 nitrogen and oxygen atoms in total. The van der Waals surface area contributed by atoms with Crippen LogP contribution in [-0.4, -0.2) is 41.5 Å². The Morgan fingerprint density at radius 2 is 1.73 bits per heavy atom. The lowest BCUT2D eigenvalue weighted by Crippen LogP contribution is -2.37. The van der Waals surface area contributed by atoms with E-state index in [0.29, 0.717) is 23.7 Å². The number of rotatable bonds is 9. The first kappa shape index (κ1) is 21.5. The number of carbonyl (C=O) groups is 2. The molecular weight excluding hydrogens is 356 g/mol. The molecule has 0 saturated heterocycles. The average Bonchev–Trinajstić information content (AvgIpc) is 2.55. The molecule has 0 bridgehead atoms.